The summed E-state index contributed by atoms with van der Waals surface area (Å²) in [7, 11) is 0. The lowest BCUT2D eigenvalue weighted by molar-refractivity contribution is 0.393. The van der Waals surface area contributed by atoms with Crippen molar-refractivity contribution in [2.45, 2.75) is 51.1 Å². The number of nitriles is 1. The first-order valence-electron chi connectivity index (χ1n) is 12.7. The van der Waals surface area contributed by atoms with Crippen LogP contribution in [-0.4, -0.2) is 33.9 Å². The van der Waals surface area contributed by atoms with Crippen LogP contribution in [0.2, 0.25) is 0 Å². The van der Waals surface area contributed by atoms with Crippen molar-refractivity contribution < 1.29 is 4.52 Å². The molecular formula is C30H28N6O. The molecule has 3 aromatic rings. The molecule has 0 saturated heterocycles. The molecule has 0 saturated carbocycles. The maximum absolute atomic E-state index is 9.31. The highest BCUT2D eigenvalue weighted by atomic mass is 16.5. The summed E-state index contributed by atoms with van der Waals surface area (Å²) in [6.45, 7) is 4.66. The van der Waals surface area contributed by atoms with E-state index >= 15 is 0 Å². The Labute approximate surface area is 216 Å². The lowest BCUT2D eigenvalue weighted by Crippen LogP contribution is -2.30. The SMILES string of the molecule is Cc1noc(C)c1-c1cnc2c(c1)N([C@@H](C1=CC=CCC1)c1ccccn1)CC2C1=CCC(C#N)N=C1. The normalized spacial score (nSPS) is 21.3. The summed E-state index contributed by atoms with van der Waals surface area (Å²) in [5.41, 5.74) is 8.43. The zero-order valence-corrected chi connectivity index (χ0v) is 21.0. The van der Waals surface area contributed by atoms with Gasteiger partial charge in [-0.15, -0.1) is 0 Å². The zero-order valence-electron chi connectivity index (χ0n) is 21.0. The minimum Gasteiger partial charge on any atom is -0.361 e. The molecule has 0 aromatic carbocycles. The Morgan fingerprint density at radius 2 is 2.14 bits per heavy atom. The van der Waals surface area contributed by atoms with Crippen LogP contribution in [0.5, 0.6) is 0 Å². The van der Waals surface area contributed by atoms with Gasteiger partial charge in [-0.2, -0.15) is 5.26 Å². The molecule has 3 aliphatic rings. The zero-order chi connectivity index (χ0) is 25.4. The Morgan fingerprint density at radius 1 is 1.22 bits per heavy atom. The van der Waals surface area contributed by atoms with Gasteiger partial charge in [0.05, 0.1) is 34.9 Å². The Balaban J connectivity index is 1.50. The van der Waals surface area contributed by atoms with Crippen LogP contribution in [0, 0.1) is 25.2 Å². The number of nitrogens with zero attached hydrogens (tertiary/aromatic N) is 6. The van der Waals surface area contributed by atoms with E-state index in [1.165, 1.54) is 5.57 Å². The molecule has 0 amide bonds. The van der Waals surface area contributed by atoms with E-state index in [1.54, 1.807) is 0 Å². The van der Waals surface area contributed by atoms with Gasteiger partial charge in [0.15, 0.2) is 0 Å². The molecule has 5 heterocycles. The molecule has 7 nitrogen and oxygen atoms in total. The van der Waals surface area contributed by atoms with E-state index in [0.29, 0.717) is 6.42 Å². The second-order valence-electron chi connectivity index (χ2n) is 9.76. The number of allylic oxidation sites excluding steroid dienone is 3. The van der Waals surface area contributed by atoms with Gasteiger partial charge in [-0.05, 0) is 56.0 Å². The molecule has 2 unspecified atom stereocenters. The molecule has 37 heavy (non-hydrogen) atoms. The second-order valence-corrected chi connectivity index (χ2v) is 9.76. The van der Waals surface area contributed by atoms with Crippen LogP contribution in [0.3, 0.4) is 0 Å². The Morgan fingerprint density at radius 3 is 2.81 bits per heavy atom. The third-order valence-electron chi connectivity index (χ3n) is 7.45. The molecule has 2 aliphatic heterocycles. The van der Waals surface area contributed by atoms with Crippen molar-refractivity contribution in [2.24, 2.45) is 4.99 Å². The summed E-state index contributed by atoms with van der Waals surface area (Å²) in [6.07, 6.45) is 17.1. The molecule has 3 aromatic heterocycles. The number of aliphatic imine (C=N–C) groups is 1. The number of hydrogen-bond donors (Lipinski definition) is 0. The van der Waals surface area contributed by atoms with Gasteiger partial charge in [-0.3, -0.25) is 15.0 Å². The van der Waals surface area contributed by atoms with E-state index in [9.17, 15) is 5.26 Å². The minimum absolute atomic E-state index is 0.00963. The van der Waals surface area contributed by atoms with Gasteiger partial charge in [0.25, 0.3) is 0 Å². The Bertz CT molecular complexity index is 1470. The van der Waals surface area contributed by atoms with Gasteiger partial charge in [0.2, 0.25) is 0 Å². The van der Waals surface area contributed by atoms with Gasteiger partial charge in [0, 0.05) is 48.6 Å². The fraction of sp³-hybridized carbons (Fsp3) is 0.300. The number of aryl methyl sites for hydroxylation is 2. The standard InChI is InChI=1S/C30H28N6O/c1-19-28(20(2)37-35-19)23-14-27-29(34-17-23)25(22-11-12-24(15-31)33-16-22)18-36(27)30(21-8-4-3-5-9-21)26-10-6-7-13-32-26/h3-4,6-8,10-11,13-14,16-17,24-25,30H,5,9,12,18H2,1-2H3/t24?,25?,30-/m0/s1. The Kier molecular flexibility index (Phi) is 6.01. The summed E-state index contributed by atoms with van der Waals surface area (Å²) >= 11 is 0. The van der Waals surface area contributed by atoms with E-state index in [1.807, 2.05) is 38.5 Å². The van der Waals surface area contributed by atoms with E-state index in [4.69, 9.17) is 14.5 Å². The van der Waals surface area contributed by atoms with Gasteiger partial charge in [-0.1, -0.05) is 35.5 Å². The lowest BCUT2D eigenvalue weighted by Gasteiger charge is -2.33. The van der Waals surface area contributed by atoms with Crippen molar-refractivity contribution in [2.75, 3.05) is 11.4 Å². The maximum atomic E-state index is 9.31. The smallest absolute Gasteiger partial charge is 0.141 e. The van der Waals surface area contributed by atoms with Gasteiger partial charge < -0.3 is 9.42 Å². The summed E-state index contributed by atoms with van der Waals surface area (Å²) in [6, 6.07) is 10.3. The van der Waals surface area contributed by atoms with Crippen molar-refractivity contribution in [3.8, 4) is 17.2 Å². The fourth-order valence-corrected chi connectivity index (χ4v) is 5.68. The third kappa shape index (κ3) is 4.19. The summed E-state index contributed by atoms with van der Waals surface area (Å²) in [4.78, 5) is 16.8. The van der Waals surface area contributed by atoms with Gasteiger partial charge >= 0.3 is 0 Å². The fourth-order valence-electron chi connectivity index (χ4n) is 5.68. The molecule has 184 valence electrons. The number of pyridine rings is 2. The topological polar surface area (TPSA) is 91.2 Å². The Hall–Kier alpha value is -4.31. The van der Waals surface area contributed by atoms with Crippen LogP contribution in [0.25, 0.3) is 11.1 Å². The van der Waals surface area contributed by atoms with Crippen LogP contribution >= 0.6 is 0 Å². The summed E-state index contributed by atoms with van der Waals surface area (Å²) in [5, 5.41) is 13.5. The number of hydrogen-bond acceptors (Lipinski definition) is 7. The highest BCUT2D eigenvalue weighted by Gasteiger charge is 2.39. The molecular weight excluding hydrogens is 460 g/mol. The first-order valence-corrected chi connectivity index (χ1v) is 12.7. The van der Waals surface area contributed by atoms with Crippen molar-refractivity contribution in [1.29, 1.82) is 5.26 Å². The summed E-state index contributed by atoms with van der Waals surface area (Å²) in [5.74, 6) is 0.842. The van der Waals surface area contributed by atoms with Crippen LogP contribution in [0.15, 0.2) is 81.6 Å². The van der Waals surface area contributed by atoms with Crippen molar-refractivity contribution in [3.63, 3.8) is 0 Å². The second kappa shape index (κ2) is 9.62. The molecule has 3 atom stereocenters. The van der Waals surface area contributed by atoms with E-state index < -0.39 is 0 Å². The maximum Gasteiger partial charge on any atom is 0.141 e. The lowest BCUT2D eigenvalue weighted by atomic mass is 9.92. The molecule has 1 aliphatic carbocycles. The quantitative estimate of drug-likeness (QED) is 0.440. The molecule has 0 fully saturated rings. The summed E-state index contributed by atoms with van der Waals surface area (Å²) < 4.78 is 5.47. The highest BCUT2D eigenvalue weighted by molar-refractivity contribution is 5.85. The van der Waals surface area contributed by atoms with E-state index in [2.05, 4.69) is 63.6 Å². The molecule has 6 rings (SSSR count). The van der Waals surface area contributed by atoms with Crippen LogP contribution in [-0.2, 0) is 0 Å². The van der Waals surface area contributed by atoms with Gasteiger partial charge in [-0.25, -0.2) is 0 Å². The minimum atomic E-state index is -0.309. The van der Waals surface area contributed by atoms with E-state index in [0.717, 1.165) is 64.6 Å². The number of fused-ring (bicyclic) bond motifs is 1. The van der Waals surface area contributed by atoms with Crippen LogP contribution in [0.1, 0.15) is 54.1 Å². The number of aromatic nitrogens is 3. The van der Waals surface area contributed by atoms with E-state index in [-0.39, 0.29) is 18.0 Å². The highest BCUT2D eigenvalue weighted by Crippen LogP contribution is 2.47. The van der Waals surface area contributed by atoms with Crippen molar-refractivity contribution >= 4 is 11.9 Å². The van der Waals surface area contributed by atoms with Crippen LogP contribution in [0.4, 0.5) is 5.69 Å². The largest absolute Gasteiger partial charge is 0.361 e. The first kappa shape index (κ1) is 23.1. The average Bonchev–Trinajstić information content (AvgIpc) is 3.49. The number of dihydropyridines is 1. The monoisotopic (exact) mass is 488 g/mol. The van der Waals surface area contributed by atoms with Crippen LogP contribution < -0.4 is 4.90 Å². The number of anilines is 1. The predicted octanol–water partition coefficient (Wildman–Crippen LogP) is 5.96. The third-order valence-corrected chi connectivity index (χ3v) is 7.45. The molecule has 7 heteroatoms. The molecule has 0 radical (unpaired) electrons. The molecule has 0 N–H and O–H groups in total. The van der Waals surface area contributed by atoms with Crippen molar-refractivity contribution in [1.82, 2.24) is 15.1 Å². The molecule has 0 bridgehead atoms. The number of rotatable bonds is 5. The average molecular weight is 489 g/mol. The van der Waals surface area contributed by atoms with Crippen molar-refractivity contribution in [3.05, 3.63) is 95.0 Å². The van der Waals surface area contributed by atoms with Gasteiger partial charge in [0.1, 0.15) is 11.8 Å². The molecule has 0 spiro atoms. The first-order chi connectivity index (χ1) is 18.1. The predicted molar refractivity (Wildman–Crippen MR) is 143 cm³/mol.